The van der Waals surface area contributed by atoms with Crippen LogP contribution in [0.25, 0.3) is 5.57 Å². The second-order valence-electron chi connectivity index (χ2n) is 6.14. The number of nitrogens with zero attached hydrogens (tertiary/aromatic N) is 3. The van der Waals surface area contributed by atoms with Gasteiger partial charge in [0.25, 0.3) is 5.91 Å². The molecule has 0 saturated carbocycles. The zero-order chi connectivity index (χ0) is 19.1. The molecule has 0 fully saturated rings. The van der Waals surface area contributed by atoms with Crippen molar-refractivity contribution in [3.8, 4) is 5.88 Å². The Morgan fingerprint density at radius 1 is 1.22 bits per heavy atom. The molecule has 27 heavy (non-hydrogen) atoms. The molecule has 4 rings (SSSR count). The smallest absolute Gasteiger partial charge is 0.279 e. The molecule has 1 N–H and O–H groups in total. The van der Waals surface area contributed by atoms with Crippen molar-refractivity contribution in [2.75, 3.05) is 0 Å². The van der Waals surface area contributed by atoms with Gasteiger partial charge in [-0.3, -0.25) is 9.36 Å². The van der Waals surface area contributed by atoms with Gasteiger partial charge in [0.05, 0.1) is 16.6 Å². The summed E-state index contributed by atoms with van der Waals surface area (Å²) in [6.45, 7) is 2.03. The number of rotatable bonds is 3. The van der Waals surface area contributed by atoms with E-state index in [0.717, 1.165) is 17.2 Å². The summed E-state index contributed by atoms with van der Waals surface area (Å²) in [6, 6.07) is 12.9. The molecule has 1 aliphatic heterocycles. The second kappa shape index (κ2) is 6.79. The molecule has 1 aliphatic rings. The molecule has 0 radical (unpaired) electrons. The molecular formula is C20H16ClN3O2S. The number of aromatic hydroxyl groups is 1. The molecule has 1 aromatic heterocycles. The molecule has 0 spiro atoms. The van der Waals surface area contributed by atoms with Gasteiger partial charge in [0.1, 0.15) is 4.88 Å². The minimum Gasteiger partial charge on any atom is -0.493 e. The summed E-state index contributed by atoms with van der Waals surface area (Å²) in [7, 11) is 1.71. The van der Waals surface area contributed by atoms with Gasteiger partial charge in [-0.2, -0.15) is 0 Å². The summed E-state index contributed by atoms with van der Waals surface area (Å²) in [6.07, 6.45) is 0.786. The van der Waals surface area contributed by atoms with Crippen molar-refractivity contribution in [1.82, 2.24) is 4.57 Å². The molecule has 0 unspecified atom stereocenters. The van der Waals surface area contributed by atoms with Crippen LogP contribution >= 0.6 is 22.9 Å². The number of halogens is 1. The van der Waals surface area contributed by atoms with Gasteiger partial charge in [0, 0.05) is 17.3 Å². The number of amides is 1. The normalized spacial score (nSPS) is 13.8. The van der Waals surface area contributed by atoms with Crippen LogP contribution in [0.15, 0.2) is 52.4 Å². The summed E-state index contributed by atoms with van der Waals surface area (Å²) < 4.78 is 1.57. The predicted octanol–water partition coefficient (Wildman–Crippen LogP) is 2.60. The molecule has 0 aliphatic carbocycles. The minimum absolute atomic E-state index is 0.000940. The summed E-state index contributed by atoms with van der Waals surface area (Å²) in [4.78, 5) is 22.4. The lowest BCUT2D eigenvalue weighted by Gasteiger charge is -1.99. The average Bonchev–Trinajstić information content (AvgIpc) is 3.14. The highest BCUT2D eigenvalue weighted by atomic mass is 35.5. The van der Waals surface area contributed by atoms with Crippen molar-refractivity contribution in [2.45, 2.75) is 13.3 Å². The number of carbonyl (C=O) groups excluding carboxylic acids is 1. The van der Waals surface area contributed by atoms with Crippen molar-refractivity contribution in [3.63, 3.8) is 0 Å². The fraction of sp³-hybridized carbons (Fsp3) is 0.150. The first-order valence-electron chi connectivity index (χ1n) is 8.44. The van der Waals surface area contributed by atoms with Crippen LogP contribution in [0.5, 0.6) is 5.88 Å². The van der Waals surface area contributed by atoms with Crippen molar-refractivity contribution in [1.29, 1.82) is 0 Å². The molecular weight excluding hydrogens is 382 g/mol. The van der Waals surface area contributed by atoms with Crippen LogP contribution in [0.2, 0.25) is 5.02 Å². The van der Waals surface area contributed by atoms with Crippen molar-refractivity contribution < 1.29 is 9.90 Å². The molecule has 0 saturated heterocycles. The quantitative estimate of drug-likeness (QED) is 0.738. The van der Waals surface area contributed by atoms with Gasteiger partial charge >= 0.3 is 0 Å². The lowest BCUT2D eigenvalue weighted by molar-refractivity contribution is -0.112. The predicted molar refractivity (Wildman–Crippen MR) is 106 cm³/mol. The van der Waals surface area contributed by atoms with Crippen molar-refractivity contribution in [3.05, 3.63) is 73.3 Å². The third kappa shape index (κ3) is 3.01. The Balaban J connectivity index is 1.95. The van der Waals surface area contributed by atoms with Crippen LogP contribution in [0.4, 0.5) is 5.69 Å². The van der Waals surface area contributed by atoms with Crippen LogP contribution in [0.3, 0.4) is 0 Å². The molecule has 7 heteroatoms. The minimum atomic E-state index is -0.332. The van der Waals surface area contributed by atoms with E-state index in [-0.39, 0.29) is 11.8 Å². The number of carbonyl (C=O) groups is 1. The summed E-state index contributed by atoms with van der Waals surface area (Å²) in [5.41, 5.74) is 2.15. The maximum absolute atomic E-state index is 12.6. The Hall–Kier alpha value is -2.70. The van der Waals surface area contributed by atoms with E-state index in [1.165, 1.54) is 11.3 Å². The highest BCUT2D eigenvalue weighted by Gasteiger charge is 2.25. The number of benzene rings is 2. The van der Waals surface area contributed by atoms with E-state index in [9.17, 15) is 9.90 Å². The van der Waals surface area contributed by atoms with Crippen LogP contribution in [-0.4, -0.2) is 15.6 Å². The maximum atomic E-state index is 12.6. The van der Waals surface area contributed by atoms with E-state index in [1.807, 2.05) is 25.1 Å². The number of hydrogen-bond acceptors (Lipinski definition) is 4. The van der Waals surface area contributed by atoms with Gasteiger partial charge in [0.2, 0.25) is 5.88 Å². The number of hydrogen-bond donors (Lipinski definition) is 1. The number of aryl methyl sites for hydroxylation is 1. The number of thiazole rings is 1. The first-order valence-corrected chi connectivity index (χ1v) is 9.63. The Bertz CT molecular complexity index is 1250. The molecule has 136 valence electrons. The molecule has 2 aromatic carbocycles. The van der Waals surface area contributed by atoms with Gasteiger partial charge in [-0.05, 0) is 36.2 Å². The van der Waals surface area contributed by atoms with Crippen LogP contribution in [0.1, 0.15) is 17.4 Å². The molecule has 1 amide bonds. The van der Waals surface area contributed by atoms with E-state index in [2.05, 4.69) is 9.98 Å². The van der Waals surface area contributed by atoms with Gasteiger partial charge in [0.15, 0.2) is 4.80 Å². The van der Waals surface area contributed by atoms with E-state index < -0.39 is 0 Å². The second-order valence-corrected chi connectivity index (χ2v) is 7.56. The summed E-state index contributed by atoms with van der Waals surface area (Å²) >= 11 is 7.17. The molecule has 5 nitrogen and oxygen atoms in total. The molecule has 2 heterocycles. The van der Waals surface area contributed by atoms with E-state index in [0.29, 0.717) is 31.3 Å². The van der Waals surface area contributed by atoms with Gasteiger partial charge < -0.3 is 5.11 Å². The van der Waals surface area contributed by atoms with E-state index in [1.54, 1.807) is 35.9 Å². The SMILES string of the molecule is CCc1cccc2c1=NC(=O)C=2c1sc(=Nc2ccc(Cl)cc2)n(C)c1O. The molecule has 0 atom stereocenters. The number of para-hydroxylation sites is 1. The lowest BCUT2D eigenvalue weighted by Crippen LogP contribution is -2.26. The average molecular weight is 398 g/mol. The van der Waals surface area contributed by atoms with Crippen LogP contribution in [0, 0.1) is 0 Å². The summed E-state index contributed by atoms with van der Waals surface area (Å²) in [5.74, 6) is -0.331. The van der Waals surface area contributed by atoms with Crippen LogP contribution in [-0.2, 0) is 18.3 Å². The van der Waals surface area contributed by atoms with E-state index in [4.69, 9.17) is 11.6 Å². The highest BCUT2D eigenvalue weighted by molar-refractivity contribution is 7.11. The molecule has 0 bridgehead atoms. The van der Waals surface area contributed by atoms with Gasteiger partial charge in [-0.15, -0.1) is 0 Å². The monoisotopic (exact) mass is 397 g/mol. The highest BCUT2D eigenvalue weighted by Crippen LogP contribution is 2.28. The Morgan fingerprint density at radius 2 is 1.96 bits per heavy atom. The maximum Gasteiger partial charge on any atom is 0.279 e. The third-order valence-corrected chi connectivity index (χ3v) is 5.87. The Labute approximate surface area is 164 Å². The topological polar surface area (TPSA) is 67.0 Å². The third-order valence-electron chi connectivity index (χ3n) is 4.48. The largest absolute Gasteiger partial charge is 0.493 e. The molecule has 3 aromatic rings. The Kier molecular flexibility index (Phi) is 4.45. The summed E-state index contributed by atoms with van der Waals surface area (Å²) in [5, 5.41) is 12.7. The lowest BCUT2D eigenvalue weighted by atomic mass is 10.1. The zero-order valence-electron chi connectivity index (χ0n) is 14.7. The number of aromatic nitrogens is 1. The fourth-order valence-corrected chi connectivity index (χ4v) is 4.25. The van der Waals surface area contributed by atoms with Crippen LogP contribution < -0.4 is 15.4 Å². The van der Waals surface area contributed by atoms with Gasteiger partial charge in [-0.25, -0.2) is 9.98 Å². The zero-order valence-corrected chi connectivity index (χ0v) is 16.3. The first kappa shape index (κ1) is 17.7. The first-order chi connectivity index (χ1) is 13.0. The fourth-order valence-electron chi connectivity index (χ4n) is 3.04. The van der Waals surface area contributed by atoms with Gasteiger partial charge in [-0.1, -0.05) is 48.1 Å². The van der Waals surface area contributed by atoms with Crippen molar-refractivity contribution >= 4 is 40.1 Å². The number of fused-ring (bicyclic) bond motifs is 1. The van der Waals surface area contributed by atoms with E-state index >= 15 is 0 Å². The Morgan fingerprint density at radius 3 is 2.67 bits per heavy atom. The van der Waals surface area contributed by atoms with Crippen molar-refractivity contribution in [2.24, 2.45) is 17.0 Å². The standard InChI is InChI=1S/C20H16ClN3O2S/c1-3-11-5-4-6-14-15(18(25)23-16(11)14)17-19(26)24(2)20(27-17)22-13-9-7-12(21)8-10-13/h4-10,26H,3H2,1-2H3.